The standard InChI is InChI=1S/C14H27N/c1-3-5-6-8-12(7-4-2)14-11-13(14)9-10-15/h3,12-14H,1,4-11,15H2,2H3. The molecule has 88 valence electrons. The summed E-state index contributed by atoms with van der Waals surface area (Å²) in [4.78, 5) is 0. The van der Waals surface area contributed by atoms with Crippen molar-refractivity contribution >= 4 is 0 Å². The van der Waals surface area contributed by atoms with Crippen LogP contribution in [0.3, 0.4) is 0 Å². The lowest BCUT2D eigenvalue weighted by Gasteiger charge is -2.15. The van der Waals surface area contributed by atoms with Crippen LogP contribution in [0.15, 0.2) is 12.7 Å². The van der Waals surface area contributed by atoms with Gasteiger partial charge in [0, 0.05) is 0 Å². The van der Waals surface area contributed by atoms with E-state index in [0.29, 0.717) is 0 Å². The minimum absolute atomic E-state index is 0.882. The number of hydrogen-bond acceptors (Lipinski definition) is 1. The van der Waals surface area contributed by atoms with Gasteiger partial charge in [-0.3, -0.25) is 0 Å². The molecular formula is C14H27N. The molecule has 2 N–H and O–H groups in total. The van der Waals surface area contributed by atoms with Gasteiger partial charge in [-0.2, -0.15) is 0 Å². The molecule has 0 radical (unpaired) electrons. The summed E-state index contributed by atoms with van der Waals surface area (Å²) in [5.74, 6) is 2.96. The largest absolute Gasteiger partial charge is 0.330 e. The van der Waals surface area contributed by atoms with Crippen LogP contribution in [0.5, 0.6) is 0 Å². The van der Waals surface area contributed by atoms with Crippen molar-refractivity contribution in [1.82, 2.24) is 0 Å². The van der Waals surface area contributed by atoms with Crippen LogP contribution >= 0.6 is 0 Å². The Labute approximate surface area is 95.1 Å². The third-order valence-electron chi connectivity index (χ3n) is 3.76. The van der Waals surface area contributed by atoms with Crippen LogP contribution in [0.2, 0.25) is 0 Å². The highest BCUT2D eigenvalue weighted by Crippen LogP contribution is 2.49. The number of hydrogen-bond donors (Lipinski definition) is 1. The van der Waals surface area contributed by atoms with Crippen molar-refractivity contribution in [3.8, 4) is 0 Å². The molecule has 0 aromatic heterocycles. The van der Waals surface area contributed by atoms with Gasteiger partial charge < -0.3 is 5.73 Å². The van der Waals surface area contributed by atoms with Crippen molar-refractivity contribution < 1.29 is 0 Å². The van der Waals surface area contributed by atoms with E-state index in [-0.39, 0.29) is 0 Å². The van der Waals surface area contributed by atoms with E-state index in [4.69, 9.17) is 5.73 Å². The predicted octanol–water partition coefficient (Wildman–Crippen LogP) is 3.74. The summed E-state index contributed by atoms with van der Waals surface area (Å²) in [6.07, 6.45) is 11.4. The molecule has 1 saturated carbocycles. The Morgan fingerprint density at radius 2 is 2.27 bits per heavy atom. The summed E-state index contributed by atoms with van der Waals surface area (Å²) < 4.78 is 0. The molecule has 0 spiro atoms. The van der Waals surface area contributed by atoms with Crippen LogP contribution in [-0.2, 0) is 0 Å². The third kappa shape index (κ3) is 4.38. The Kier molecular flexibility index (Phi) is 6.00. The Balaban J connectivity index is 2.22. The first-order valence-electron chi connectivity index (χ1n) is 6.64. The van der Waals surface area contributed by atoms with Gasteiger partial charge in [-0.1, -0.05) is 25.8 Å². The molecule has 0 amide bonds. The summed E-state index contributed by atoms with van der Waals surface area (Å²) in [6.45, 7) is 6.98. The Hall–Kier alpha value is -0.300. The summed E-state index contributed by atoms with van der Waals surface area (Å²) in [7, 11) is 0. The highest BCUT2D eigenvalue weighted by Gasteiger charge is 2.40. The lowest BCUT2D eigenvalue weighted by Crippen LogP contribution is -2.07. The van der Waals surface area contributed by atoms with Crippen LogP contribution < -0.4 is 5.73 Å². The van der Waals surface area contributed by atoms with Crippen molar-refractivity contribution in [3.63, 3.8) is 0 Å². The zero-order valence-electron chi connectivity index (χ0n) is 10.3. The van der Waals surface area contributed by atoms with E-state index in [2.05, 4.69) is 13.5 Å². The second-order valence-corrected chi connectivity index (χ2v) is 5.01. The van der Waals surface area contributed by atoms with Crippen molar-refractivity contribution in [3.05, 3.63) is 12.7 Å². The second-order valence-electron chi connectivity index (χ2n) is 5.01. The average molecular weight is 209 g/mol. The molecule has 0 aromatic carbocycles. The molecule has 3 atom stereocenters. The fraction of sp³-hybridized carbons (Fsp3) is 0.857. The fourth-order valence-corrected chi connectivity index (χ4v) is 2.86. The monoisotopic (exact) mass is 209 g/mol. The molecule has 0 heterocycles. The van der Waals surface area contributed by atoms with Gasteiger partial charge in [-0.25, -0.2) is 0 Å². The molecule has 0 aliphatic heterocycles. The topological polar surface area (TPSA) is 26.0 Å². The van der Waals surface area contributed by atoms with E-state index in [1.165, 1.54) is 44.9 Å². The van der Waals surface area contributed by atoms with Gasteiger partial charge in [0.2, 0.25) is 0 Å². The van der Waals surface area contributed by atoms with E-state index >= 15 is 0 Å². The molecule has 0 saturated heterocycles. The molecule has 1 aliphatic rings. The van der Waals surface area contributed by atoms with E-state index < -0.39 is 0 Å². The second kappa shape index (κ2) is 7.05. The zero-order chi connectivity index (χ0) is 11.1. The van der Waals surface area contributed by atoms with Gasteiger partial charge in [0.25, 0.3) is 0 Å². The van der Waals surface area contributed by atoms with E-state index in [1.54, 1.807) is 0 Å². The maximum atomic E-state index is 5.61. The summed E-state index contributed by atoms with van der Waals surface area (Å²) in [5.41, 5.74) is 5.61. The van der Waals surface area contributed by atoms with Crippen LogP contribution in [0, 0.1) is 17.8 Å². The van der Waals surface area contributed by atoms with Gasteiger partial charge in [0.05, 0.1) is 0 Å². The first kappa shape index (κ1) is 12.8. The molecule has 1 rings (SSSR count). The Morgan fingerprint density at radius 1 is 1.47 bits per heavy atom. The van der Waals surface area contributed by atoms with Gasteiger partial charge in [-0.15, -0.1) is 6.58 Å². The third-order valence-corrected chi connectivity index (χ3v) is 3.76. The van der Waals surface area contributed by atoms with E-state index in [0.717, 1.165) is 24.3 Å². The number of allylic oxidation sites excluding steroid dienone is 1. The smallest absolute Gasteiger partial charge is 0.00745 e. The summed E-state index contributed by atoms with van der Waals surface area (Å²) >= 11 is 0. The molecule has 1 heteroatoms. The molecule has 3 unspecified atom stereocenters. The molecular weight excluding hydrogens is 182 g/mol. The first-order valence-corrected chi connectivity index (χ1v) is 6.64. The minimum atomic E-state index is 0.882. The number of rotatable bonds is 9. The van der Waals surface area contributed by atoms with Crippen molar-refractivity contribution in [1.29, 1.82) is 0 Å². The Morgan fingerprint density at radius 3 is 2.87 bits per heavy atom. The maximum Gasteiger partial charge on any atom is -0.00745 e. The van der Waals surface area contributed by atoms with Gasteiger partial charge in [0.15, 0.2) is 0 Å². The van der Waals surface area contributed by atoms with Crippen LogP contribution in [0.4, 0.5) is 0 Å². The first-order chi connectivity index (χ1) is 7.33. The normalized spacial score (nSPS) is 26.3. The fourth-order valence-electron chi connectivity index (χ4n) is 2.86. The molecule has 1 aliphatic carbocycles. The van der Waals surface area contributed by atoms with E-state index in [1.807, 2.05) is 6.08 Å². The quantitative estimate of drug-likeness (QED) is 0.454. The summed E-state index contributed by atoms with van der Waals surface area (Å²) in [5, 5.41) is 0. The lowest BCUT2D eigenvalue weighted by molar-refractivity contribution is 0.363. The van der Waals surface area contributed by atoms with Gasteiger partial charge in [-0.05, 0) is 56.4 Å². The van der Waals surface area contributed by atoms with Gasteiger partial charge >= 0.3 is 0 Å². The SMILES string of the molecule is C=CCCCC(CCC)C1CC1CCN. The zero-order valence-corrected chi connectivity index (χ0v) is 10.3. The molecule has 1 nitrogen and oxygen atoms in total. The van der Waals surface area contributed by atoms with Crippen LogP contribution in [-0.4, -0.2) is 6.54 Å². The minimum Gasteiger partial charge on any atom is -0.330 e. The Bertz CT molecular complexity index is 176. The molecule has 0 aromatic rings. The van der Waals surface area contributed by atoms with E-state index in [9.17, 15) is 0 Å². The highest BCUT2D eigenvalue weighted by molar-refractivity contribution is 4.91. The molecule has 0 bridgehead atoms. The number of nitrogens with two attached hydrogens (primary N) is 1. The van der Waals surface area contributed by atoms with Crippen molar-refractivity contribution in [2.75, 3.05) is 6.54 Å². The average Bonchev–Trinajstić information content (AvgIpc) is 2.97. The number of unbranched alkanes of at least 4 members (excludes halogenated alkanes) is 1. The van der Waals surface area contributed by atoms with Crippen LogP contribution in [0.1, 0.15) is 51.9 Å². The lowest BCUT2D eigenvalue weighted by atomic mass is 9.90. The molecule has 15 heavy (non-hydrogen) atoms. The maximum absolute atomic E-state index is 5.61. The molecule has 1 fully saturated rings. The predicted molar refractivity (Wildman–Crippen MR) is 67.7 cm³/mol. The van der Waals surface area contributed by atoms with Gasteiger partial charge in [0.1, 0.15) is 0 Å². The summed E-state index contributed by atoms with van der Waals surface area (Å²) in [6, 6.07) is 0. The highest BCUT2D eigenvalue weighted by atomic mass is 14.6. The van der Waals surface area contributed by atoms with Crippen LogP contribution in [0.25, 0.3) is 0 Å². The van der Waals surface area contributed by atoms with Crippen molar-refractivity contribution in [2.24, 2.45) is 23.5 Å². The van der Waals surface area contributed by atoms with Crippen molar-refractivity contribution in [2.45, 2.75) is 51.9 Å².